The van der Waals surface area contributed by atoms with Gasteiger partial charge in [0.2, 0.25) is 5.91 Å². The van der Waals surface area contributed by atoms with E-state index in [0.717, 1.165) is 25.9 Å². The smallest absolute Gasteiger partial charge is 0.329 e. The van der Waals surface area contributed by atoms with Crippen LogP contribution < -0.4 is 10.6 Å². The zero-order chi connectivity index (χ0) is 34.4. The summed E-state index contributed by atoms with van der Waals surface area (Å²) in [6.07, 6.45) is 2.51. The lowest BCUT2D eigenvalue weighted by atomic mass is 10.1. The maximum absolute atomic E-state index is 11.4. The highest BCUT2D eigenvalue weighted by Gasteiger charge is 2.12. The average molecular weight is 701 g/mol. The number of carboxylic acid groups (broad SMARTS) is 1. The summed E-state index contributed by atoms with van der Waals surface area (Å²) in [7, 11) is 0. The van der Waals surface area contributed by atoms with Gasteiger partial charge < -0.3 is 72.6 Å². The summed E-state index contributed by atoms with van der Waals surface area (Å²) in [5.41, 5.74) is 0. The molecule has 0 unspecified atom stereocenters. The fourth-order valence-corrected chi connectivity index (χ4v) is 3.86. The van der Waals surface area contributed by atoms with E-state index >= 15 is 0 Å². The minimum absolute atomic E-state index is 0.300. The Kier molecular flexibility index (Phi) is 34.0. The number of hydrogen-bond acceptors (Lipinski definition) is 15. The first-order valence-electron chi connectivity index (χ1n) is 16.8. The van der Waals surface area contributed by atoms with Crippen LogP contribution in [-0.2, 0) is 66.4 Å². The van der Waals surface area contributed by atoms with E-state index < -0.39 is 18.5 Å². The number of carbonyl (C=O) groups excluding carboxylic acids is 1. The number of amides is 1. The zero-order valence-electron chi connectivity index (χ0n) is 28.5. The third-order valence-electron chi connectivity index (χ3n) is 6.24. The van der Waals surface area contributed by atoms with Crippen molar-refractivity contribution in [1.82, 2.24) is 10.6 Å². The molecular weight excluding hydrogens is 640 g/mol. The Morgan fingerprint density at radius 1 is 0.479 bits per heavy atom. The number of ether oxygens (including phenoxy) is 12. The fourth-order valence-electron chi connectivity index (χ4n) is 3.86. The van der Waals surface area contributed by atoms with E-state index in [1.54, 1.807) is 0 Å². The van der Waals surface area contributed by atoms with E-state index in [4.69, 9.17) is 57.2 Å². The van der Waals surface area contributed by atoms with Gasteiger partial charge in [-0.25, -0.2) is 4.79 Å². The average Bonchev–Trinajstić information content (AvgIpc) is 3.08. The molecule has 0 aliphatic carbocycles. The monoisotopic (exact) mass is 700 g/mol. The van der Waals surface area contributed by atoms with Crippen LogP contribution in [0.2, 0.25) is 0 Å². The van der Waals surface area contributed by atoms with Crippen LogP contribution in [0, 0.1) is 0 Å². The fraction of sp³-hybridized carbons (Fsp3) is 0.935. The second kappa shape index (κ2) is 36.7. The Labute approximate surface area is 284 Å². The van der Waals surface area contributed by atoms with Crippen LogP contribution in [-0.4, -0.2) is 195 Å². The minimum Gasteiger partial charge on any atom is -0.480 e. The summed E-state index contributed by atoms with van der Waals surface area (Å²) in [6, 6.07) is 0. The number of piperidine rings is 1. The Morgan fingerprint density at radius 3 is 1.17 bits per heavy atom. The van der Waals surface area contributed by atoms with Crippen molar-refractivity contribution in [3.8, 4) is 0 Å². The highest BCUT2D eigenvalue weighted by Crippen LogP contribution is 2.06. The lowest BCUT2D eigenvalue weighted by molar-refractivity contribution is -0.143. The van der Waals surface area contributed by atoms with E-state index in [1.807, 2.05) is 0 Å². The molecule has 0 bridgehead atoms. The van der Waals surface area contributed by atoms with Gasteiger partial charge in [0.1, 0.15) is 13.2 Å². The molecule has 0 radical (unpaired) electrons. The molecule has 0 spiro atoms. The quantitative estimate of drug-likeness (QED) is 0.0674. The Morgan fingerprint density at radius 2 is 0.812 bits per heavy atom. The van der Waals surface area contributed by atoms with Crippen molar-refractivity contribution in [2.24, 2.45) is 0 Å². The summed E-state index contributed by atoms with van der Waals surface area (Å²) >= 11 is 0. The van der Waals surface area contributed by atoms with Crippen molar-refractivity contribution in [3.05, 3.63) is 0 Å². The van der Waals surface area contributed by atoms with E-state index in [9.17, 15) is 9.59 Å². The maximum atomic E-state index is 11.4. The standard InChI is InChI=1S/C31H60N2O15/c34-30(27-47-28-31(35)36)33-5-6-37-7-8-38-9-10-39-11-12-40-13-14-41-15-16-42-17-18-43-19-20-44-21-22-45-23-24-46-25-26-48-29-1-3-32-4-2-29/h29,32H,1-28H2,(H,33,34)(H,35,36). The van der Waals surface area contributed by atoms with Gasteiger partial charge in [-0.2, -0.15) is 0 Å². The number of nitrogens with one attached hydrogen (secondary N) is 2. The Balaban J connectivity index is 1.62. The zero-order valence-corrected chi connectivity index (χ0v) is 28.5. The molecule has 0 aromatic heterocycles. The molecule has 1 fully saturated rings. The summed E-state index contributed by atoms with van der Waals surface area (Å²) in [5.74, 6) is -1.52. The van der Waals surface area contributed by atoms with Crippen LogP contribution in [0.25, 0.3) is 0 Å². The molecule has 1 aliphatic rings. The lowest BCUT2D eigenvalue weighted by Crippen LogP contribution is -2.33. The molecule has 1 heterocycles. The predicted octanol–water partition coefficient (Wildman–Crippen LogP) is -0.862. The third-order valence-corrected chi connectivity index (χ3v) is 6.24. The second-order valence-electron chi connectivity index (χ2n) is 10.2. The van der Waals surface area contributed by atoms with Gasteiger partial charge in [0.25, 0.3) is 0 Å². The molecule has 0 aromatic carbocycles. The number of aliphatic carboxylic acids is 1. The van der Waals surface area contributed by atoms with Crippen LogP contribution in [0.4, 0.5) is 0 Å². The largest absolute Gasteiger partial charge is 0.480 e. The summed E-state index contributed by atoms with van der Waals surface area (Å²) in [5, 5.41) is 14.3. The summed E-state index contributed by atoms with van der Waals surface area (Å²) < 4.78 is 65.0. The van der Waals surface area contributed by atoms with Gasteiger partial charge in [0, 0.05) is 6.54 Å². The van der Waals surface area contributed by atoms with Gasteiger partial charge in [-0.1, -0.05) is 0 Å². The number of hydrogen-bond donors (Lipinski definition) is 3. The minimum atomic E-state index is -1.12. The predicted molar refractivity (Wildman–Crippen MR) is 171 cm³/mol. The van der Waals surface area contributed by atoms with Crippen molar-refractivity contribution in [3.63, 3.8) is 0 Å². The van der Waals surface area contributed by atoms with Gasteiger partial charge in [-0.05, 0) is 25.9 Å². The number of carboxylic acids is 1. The van der Waals surface area contributed by atoms with Crippen molar-refractivity contribution in [2.75, 3.05) is 172 Å². The molecule has 1 saturated heterocycles. The third kappa shape index (κ3) is 34.3. The molecule has 1 rings (SSSR count). The van der Waals surface area contributed by atoms with Crippen molar-refractivity contribution < 1.29 is 71.5 Å². The first kappa shape index (κ1) is 44.4. The lowest BCUT2D eigenvalue weighted by Gasteiger charge is -2.22. The Bertz CT molecular complexity index is 705. The van der Waals surface area contributed by atoms with Gasteiger partial charge in [-0.3, -0.25) is 4.79 Å². The Hall–Kier alpha value is -1.58. The molecule has 0 saturated carbocycles. The molecule has 17 heteroatoms. The summed E-state index contributed by atoms with van der Waals surface area (Å²) in [6.45, 7) is 11.8. The topological polar surface area (TPSA) is 189 Å². The molecule has 284 valence electrons. The van der Waals surface area contributed by atoms with Crippen LogP contribution >= 0.6 is 0 Å². The van der Waals surface area contributed by atoms with Crippen LogP contribution in [0.15, 0.2) is 0 Å². The van der Waals surface area contributed by atoms with Crippen LogP contribution in [0.3, 0.4) is 0 Å². The number of rotatable bonds is 38. The van der Waals surface area contributed by atoms with Crippen LogP contribution in [0.5, 0.6) is 0 Å². The normalized spacial score (nSPS) is 13.7. The van der Waals surface area contributed by atoms with Gasteiger partial charge >= 0.3 is 5.97 Å². The second-order valence-corrected chi connectivity index (χ2v) is 10.2. The van der Waals surface area contributed by atoms with Crippen molar-refractivity contribution >= 4 is 11.9 Å². The SMILES string of the molecule is O=C(O)COCC(=O)NCCOCCOCCOCCOCCOCCOCCOCCOCCOCCOCCOC1CCNCC1. The molecule has 1 amide bonds. The molecule has 3 N–H and O–H groups in total. The van der Waals surface area contributed by atoms with Gasteiger partial charge in [0.15, 0.2) is 0 Å². The van der Waals surface area contributed by atoms with Crippen LogP contribution in [0.1, 0.15) is 12.8 Å². The highest BCUT2D eigenvalue weighted by atomic mass is 16.6. The molecule has 0 atom stereocenters. The molecular formula is C31H60N2O15. The van der Waals surface area contributed by atoms with E-state index in [1.165, 1.54) is 0 Å². The molecule has 0 aromatic rings. The number of carbonyl (C=O) groups is 2. The molecule has 48 heavy (non-hydrogen) atoms. The highest BCUT2D eigenvalue weighted by molar-refractivity contribution is 5.77. The first-order valence-corrected chi connectivity index (χ1v) is 16.8. The van der Waals surface area contributed by atoms with Crippen molar-refractivity contribution in [2.45, 2.75) is 18.9 Å². The van der Waals surface area contributed by atoms with Gasteiger partial charge in [0.05, 0.1) is 145 Å². The van der Waals surface area contributed by atoms with E-state index in [0.29, 0.717) is 151 Å². The summed E-state index contributed by atoms with van der Waals surface area (Å²) in [4.78, 5) is 21.6. The first-order chi connectivity index (χ1) is 23.7. The van der Waals surface area contributed by atoms with E-state index in [-0.39, 0.29) is 6.61 Å². The van der Waals surface area contributed by atoms with E-state index in [2.05, 4.69) is 15.4 Å². The van der Waals surface area contributed by atoms with Gasteiger partial charge in [-0.15, -0.1) is 0 Å². The molecule has 1 aliphatic heterocycles. The maximum Gasteiger partial charge on any atom is 0.329 e. The van der Waals surface area contributed by atoms with Crippen molar-refractivity contribution in [1.29, 1.82) is 0 Å². The molecule has 17 nitrogen and oxygen atoms in total.